The van der Waals surface area contributed by atoms with Crippen molar-refractivity contribution in [1.29, 1.82) is 0 Å². The van der Waals surface area contributed by atoms with Crippen molar-refractivity contribution in [3.63, 3.8) is 0 Å². The molecule has 0 saturated carbocycles. The maximum absolute atomic E-state index is 13.3. The highest BCUT2D eigenvalue weighted by Gasteiger charge is 2.23. The van der Waals surface area contributed by atoms with Crippen molar-refractivity contribution in [2.75, 3.05) is 36.0 Å². The smallest absolute Gasteiger partial charge is 0.350 e. The van der Waals surface area contributed by atoms with Crippen LogP contribution >= 0.6 is 15.9 Å². The van der Waals surface area contributed by atoms with E-state index in [1.807, 2.05) is 49.4 Å². The number of hydrogen-bond donors (Lipinski definition) is 0. The summed E-state index contributed by atoms with van der Waals surface area (Å²) in [4.78, 5) is 18.1. The Bertz CT molecular complexity index is 1360. The molecule has 1 aromatic heterocycles. The predicted octanol–water partition coefficient (Wildman–Crippen LogP) is 5.68. The summed E-state index contributed by atoms with van der Waals surface area (Å²) in [5.41, 5.74) is 4.19. The second-order valence-corrected chi connectivity index (χ2v) is 10.6. The van der Waals surface area contributed by atoms with E-state index in [0.29, 0.717) is 6.61 Å². The summed E-state index contributed by atoms with van der Waals surface area (Å²) in [6.45, 7) is 8.42. The number of nitrogens with zero attached hydrogens (tertiary/aromatic N) is 5. The molecule has 8 heteroatoms. The third kappa shape index (κ3) is 5.87. The van der Waals surface area contributed by atoms with Gasteiger partial charge < -0.3 is 14.5 Å². The van der Waals surface area contributed by atoms with Crippen LogP contribution in [-0.4, -0.2) is 46.6 Å². The topological polar surface area (TPSA) is 55.5 Å². The van der Waals surface area contributed by atoms with E-state index < -0.39 is 0 Å². The van der Waals surface area contributed by atoms with Crippen LogP contribution in [0, 0.1) is 0 Å². The van der Waals surface area contributed by atoms with Gasteiger partial charge in [0.15, 0.2) is 0 Å². The molecule has 0 aliphatic carbocycles. The molecule has 1 saturated heterocycles. The van der Waals surface area contributed by atoms with Gasteiger partial charge in [0.05, 0.1) is 24.4 Å². The number of halogens is 1. The first-order valence-electron chi connectivity index (χ1n) is 13.2. The molecule has 1 aliphatic rings. The van der Waals surface area contributed by atoms with Gasteiger partial charge in [-0.25, -0.2) is 14.0 Å². The SMILES string of the molecule is CC[C@@H]([C@H](C)OCc1ccccc1)n1ncn(-c2ccc(N3CCN(c4ccc(Br)cc4)CC3)cc2)c1=O. The summed E-state index contributed by atoms with van der Waals surface area (Å²) in [5, 5.41) is 4.46. The number of piperazine rings is 1. The maximum atomic E-state index is 13.3. The fraction of sp³-hybridized carbons (Fsp3) is 0.333. The third-order valence-corrected chi connectivity index (χ3v) is 7.82. The second kappa shape index (κ2) is 12.0. The summed E-state index contributed by atoms with van der Waals surface area (Å²) in [6, 6.07) is 26.6. The zero-order valence-corrected chi connectivity index (χ0v) is 23.5. The molecule has 38 heavy (non-hydrogen) atoms. The van der Waals surface area contributed by atoms with E-state index in [4.69, 9.17) is 4.74 Å². The Morgan fingerprint density at radius 3 is 1.97 bits per heavy atom. The number of aromatic nitrogens is 3. The van der Waals surface area contributed by atoms with E-state index in [1.165, 1.54) is 11.4 Å². The molecule has 0 spiro atoms. The fourth-order valence-electron chi connectivity index (χ4n) is 5.04. The minimum Gasteiger partial charge on any atom is -0.372 e. The molecule has 0 N–H and O–H groups in total. The summed E-state index contributed by atoms with van der Waals surface area (Å²) in [5.74, 6) is 0. The molecular weight excluding hydrogens is 542 g/mol. The first kappa shape index (κ1) is 26.3. The van der Waals surface area contributed by atoms with E-state index in [-0.39, 0.29) is 17.8 Å². The number of benzene rings is 3. The van der Waals surface area contributed by atoms with Gasteiger partial charge in [0, 0.05) is 42.0 Å². The van der Waals surface area contributed by atoms with Gasteiger partial charge in [0.2, 0.25) is 0 Å². The van der Waals surface area contributed by atoms with E-state index >= 15 is 0 Å². The van der Waals surface area contributed by atoms with E-state index in [1.54, 1.807) is 15.6 Å². The van der Waals surface area contributed by atoms with Crippen LogP contribution in [0.25, 0.3) is 5.69 Å². The highest BCUT2D eigenvalue weighted by atomic mass is 79.9. The van der Waals surface area contributed by atoms with Gasteiger partial charge in [-0.1, -0.05) is 53.2 Å². The van der Waals surface area contributed by atoms with E-state index in [0.717, 1.165) is 48.3 Å². The monoisotopic (exact) mass is 575 g/mol. The summed E-state index contributed by atoms with van der Waals surface area (Å²) in [6.07, 6.45) is 2.21. The van der Waals surface area contributed by atoms with Gasteiger partial charge in [-0.15, -0.1) is 0 Å². The van der Waals surface area contributed by atoms with E-state index in [2.05, 4.69) is 74.2 Å². The zero-order valence-electron chi connectivity index (χ0n) is 21.9. The Balaban J connectivity index is 1.22. The Hall–Kier alpha value is -3.36. The van der Waals surface area contributed by atoms with Crippen LogP contribution in [0.4, 0.5) is 11.4 Å². The summed E-state index contributed by atoms with van der Waals surface area (Å²) < 4.78 is 10.4. The molecule has 1 fully saturated rings. The summed E-state index contributed by atoms with van der Waals surface area (Å²) in [7, 11) is 0. The van der Waals surface area contributed by atoms with Crippen molar-refractivity contribution in [2.24, 2.45) is 0 Å². The van der Waals surface area contributed by atoms with Crippen LogP contribution < -0.4 is 15.5 Å². The van der Waals surface area contributed by atoms with Crippen molar-refractivity contribution in [2.45, 2.75) is 39.0 Å². The largest absolute Gasteiger partial charge is 0.372 e. The quantitative estimate of drug-likeness (QED) is 0.257. The number of hydrogen-bond acceptors (Lipinski definition) is 5. The van der Waals surface area contributed by atoms with Crippen LogP contribution in [0.2, 0.25) is 0 Å². The number of ether oxygens (including phenoxy) is 1. The zero-order chi connectivity index (χ0) is 26.5. The molecule has 5 rings (SSSR count). The van der Waals surface area contributed by atoms with E-state index in [9.17, 15) is 4.79 Å². The normalized spacial score (nSPS) is 15.4. The highest BCUT2D eigenvalue weighted by molar-refractivity contribution is 9.10. The predicted molar refractivity (Wildman–Crippen MR) is 156 cm³/mol. The number of anilines is 2. The standard InChI is InChI=1S/C30H34BrN5O2/c1-3-29(23(2)38-21-24-7-5-4-6-8-24)36-30(37)35(22-32-36)28-15-13-27(14-16-28)34-19-17-33(18-20-34)26-11-9-25(31)10-12-26/h4-16,22-23,29H,3,17-21H2,1-2H3/t23-,29-/m0/s1. The molecule has 4 aromatic rings. The lowest BCUT2D eigenvalue weighted by atomic mass is 10.1. The maximum Gasteiger partial charge on any atom is 0.350 e. The Kier molecular flexibility index (Phi) is 8.29. The lowest BCUT2D eigenvalue weighted by molar-refractivity contribution is 0.0117. The van der Waals surface area contributed by atoms with Crippen molar-refractivity contribution < 1.29 is 4.74 Å². The molecule has 2 heterocycles. The Labute approximate surface area is 232 Å². The van der Waals surface area contributed by atoms with Crippen molar-refractivity contribution in [1.82, 2.24) is 14.3 Å². The van der Waals surface area contributed by atoms with Crippen molar-refractivity contribution >= 4 is 27.3 Å². The molecule has 0 bridgehead atoms. The van der Waals surface area contributed by atoms with Crippen LogP contribution in [0.5, 0.6) is 0 Å². The fourth-order valence-corrected chi connectivity index (χ4v) is 5.30. The van der Waals surface area contributed by atoms with Gasteiger partial charge in [0.1, 0.15) is 6.33 Å². The lowest BCUT2D eigenvalue weighted by Gasteiger charge is -2.37. The van der Waals surface area contributed by atoms with Gasteiger partial charge in [-0.05, 0) is 67.4 Å². The second-order valence-electron chi connectivity index (χ2n) is 9.67. The Morgan fingerprint density at radius 2 is 1.39 bits per heavy atom. The first-order chi connectivity index (χ1) is 18.5. The highest BCUT2D eigenvalue weighted by Crippen LogP contribution is 2.24. The molecule has 0 unspecified atom stereocenters. The molecule has 1 aliphatic heterocycles. The van der Waals surface area contributed by atoms with Crippen LogP contribution in [0.15, 0.2) is 94.5 Å². The molecule has 3 aromatic carbocycles. The minimum absolute atomic E-state index is 0.145. The number of rotatable bonds is 9. The Morgan fingerprint density at radius 1 is 0.842 bits per heavy atom. The average molecular weight is 577 g/mol. The lowest BCUT2D eigenvalue weighted by Crippen LogP contribution is -2.46. The molecular formula is C30H34BrN5O2. The average Bonchev–Trinajstić information content (AvgIpc) is 3.34. The third-order valence-electron chi connectivity index (χ3n) is 7.29. The molecule has 0 amide bonds. The van der Waals surface area contributed by atoms with Crippen molar-refractivity contribution in [3.05, 3.63) is 106 Å². The minimum atomic E-state index is -0.153. The first-order valence-corrected chi connectivity index (χ1v) is 14.0. The molecule has 0 radical (unpaired) electrons. The molecule has 2 atom stereocenters. The van der Waals surface area contributed by atoms with Gasteiger partial charge >= 0.3 is 5.69 Å². The van der Waals surface area contributed by atoms with Gasteiger partial charge in [-0.3, -0.25) is 0 Å². The van der Waals surface area contributed by atoms with Gasteiger partial charge in [0.25, 0.3) is 0 Å². The van der Waals surface area contributed by atoms with Crippen molar-refractivity contribution in [3.8, 4) is 5.69 Å². The van der Waals surface area contributed by atoms with Crippen LogP contribution in [-0.2, 0) is 11.3 Å². The van der Waals surface area contributed by atoms with Crippen LogP contribution in [0.1, 0.15) is 31.9 Å². The summed E-state index contributed by atoms with van der Waals surface area (Å²) >= 11 is 3.51. The molecule has 198 valence electrons. The molecule has 7 nitrogen and oxygen atoms in total. The van der Waals surface area contributed by atoms with Gasteiger partial charge in [-0.2, -0.15) is 5.10 Å². The van der Waals surface area contributed by atoms with Crippen LogP contribution in [0.3, 0.4) is 0 Å².